The predicted octanol–water partition coefficient (Wildman–Crippen LogP) is 3.53. The molecule has 1 N–H and O–H groups in total. The van der Waals surface area contributed by atoms with Crippen LogP contribution >= 0.6 is 15.9 Å². The third-order valence-corrected chi connectivity index (χ3v) is 3.25. The van der Waals surface area contributed by atoms with Crippen molar-refractivity contribution >= 4 is 27.5 Å². The molecule has 0 aliphatic rings. The minimum absolute atomic E-state index is 0.00920. The van der Waals surface area contributed by atoms with E-state index in [9.17, 15) is 4.79 Å². The molecule has 1 amide bonds. The molecule has 0 fully saturated rings. The van der Waals surface area contributed by atoms with Crippen molar-refractivity contribution in [2.75, 3.05) is 11.9 Å². The van der Waals surface area contributed by atoms with E-state index in [1.54, 1.807) is 24.3 Å². The number of hydrogen-bond donors (Lipinski definition) is 1. The molecule has 0 spiro atoms. The Morgan fingerprint density at radius 3 is 2.43 bits per heavy atom. The summed E-state index contributed by atoms with van der Waals surface area (Å²) in [6, 6.07) is 16.4. The second kappa shape index (κ2) is 7.46. The zero-order valence-corrected chi connectivity index (χ0v) is 12.8. The van der Waals surface area contributed by atoms with Crippen molar-refractivity contribution in [1.82, 2.24) is 0 Å². The lowest BCUT2D eigenvalue weighted by Crippen LogP contribution is -2.14. The van der Waals surface area contributed by atoms with Crippen molar-refractivity contribution in [1.29, 1.82) is 5.26 Å². The highest BCUT2D eigenvalue weighted by Gasteiger charge is 2.04. The van der Waals surface area contributed by atoms with Crippen molar-refractivity contribution in [2.24, 2.45) is 0 Å². The van der Waals surface area contributed by atoms with Crippen LogP contribution in [0.25, 0.3) is 0 Å². The molecule has 2 aromatic carbocycles. The third-order valence-electron chi connectivity index (χ3n) is 2.72. The van der Waals surface area contributed by atoms with E-state index in [0.29, 0.717) is 17.9 Å². The number of amides is 1. The van der Waals surface area contributed by atoms with Gasteiger partial charge in [-0.15, -0.1) is 0 Å². The fraction of sp³-hybridized carbons (Fsp3) is 0.125. The molecule has 0 heterocycles. The first-order chi connectivity index (χ1) is 10.2. The summed E-state index contributed by atoms with van der Waals surface area (Å²) in [6.45, 7) is 0.00920. The Hall–Kier alpha value is -2.32. The van der Waals surface area contributed by atoms with E-state index in [4.69, 9.17) is 10.00 Å². The molecule has 4 nitrogen and oxygen atoms in total. The summed E-state index contributed by atoms with van der Waals surface area (Å²) in [7, 11) is 0. The monoisotopic (exact) mass is 344 g/mol. The van der Waals surface area contributed by atoms with Gasteiger partial charge in [0, 0.05) is 10.2 Å². The zero-order chi connectivity index (χ0) is 15.1. The van der Waals surface area contributed by atoms with E-state index in [1.165, 1.54) is 0 Å². The summed E-state index contributed by atoms with van der Waals surface area (Å²) in [5, 5.41) is 11.2. The maximum atomic E-state index is 11.9. The van der Waals surface area contributed by atoms with Crippen molar-refractivity contribution in [3.05, 3.63) is 58.6 Å². The normalized spacial score (nSPS) is 9.71. The van der Waals surface area contributed by atoms with E-state index in [0.717, 1.165) is 10.0 Å². The molecule has 0 unspecified atom stereocenters. The van der Waals surface area contributed by atoms with Gasteiger partial charge in [-0.2, -0.15) is 5.26 Å². The number of hydrogen-bond acceptors (Lipinski definition) is 3. The predicted molar refractivity (Wildman–Crippen MR) is 84.0 cm³/mol. The van der Waals surface area contributed by atoms with Crippen LogP contribution in [-0.2, 0) is 11.2 Å². The quantitative estimate of drug-likeness (QED) is 0.902. The SMILES string of the molecule is N#CCOc1ccc(NC(=O)Cc2ccc(Br)cc2)cc1. The minimum atomic E-state index is -0.0805. The Kier molecular flexibility index (Phi) is 5.35. The Labute approximate surface area is 131 Å². The van der Waals surface area contributed by atoms with Gasteiger partial charge in [-0.1, -0.05) is 28.1 Å². The van der Waals surface area contributed by atoms with Crippen molar-refractivity contribution < 1.29 is 9.53 Å². The van der Waals surface area contributed by atoms with Gasteiger partial charge in [0.1, 0.15) is 11.8 Å². The molecular formula is C16H13BrN2O2. The van der Waals surface area contributed by atoms with Crippen LogP contribution in [0.4, 0.5) is 5.69 Å². The lowest BCUT2D eigenvalue weighted by molar-refractivity contribution is -0.115. The second-order valence-corrected chi connectivity index (χ2v) is 5.24. The fourth-order valence-electron chi connectivity index (χ4n) is 1.74. The number of anilines is 1. The molecule has 0 saturated carbocycles. The van der Waals surface area contributed by atoms with Crippen LogP contribution in [0.1, 0.15) is 5.56 Å². The average Bonchev–Trinajstić information content (AvgIpc) is 2.49. The molecule has 5 heteroatoms. The van der Waals surface area contributed by atoms with Gasteiger partial charge in [-0.25, -0.2) is 0 Å². The number of halogens is 1. The Bertz CT molecular complexity index is 645. The Morgan fingerprint density at radius 1 is 1.14 bits per heavy atom. The van der Waals surface area contributed by atoms with Crippen LogP contribution in [0.3, 0.4) is 0 Å². The summed E-state index contributed by atoms with van der Waals surface area (Å²) >= 11 is 3.36. The highest BCUT2D eigenvalue weighted by molar-refractivity contribution is 9.10. The van der Waals surface area contributed by atoms with Crippen LogP contribution in [0.5, 0.6) is 5.75 Å². The van der Waals surface area contributed by atoms with E-state index in [2.05, 4.69) is 21.2 Å². The van der Waals surface area contributed by atoms with Crippen molar-refractivity contribution in [3.63, 3.8) is 0 Å². The molecule has 0 aliphatic carbocycles. The molecule has 0 bridgehead atoms. The number of ether oxygens (including phenoxy) is 1. The standard InChI is InChI=1S/C16H13BrN2O2/c17-13-3-1-12(2-4-13)11-16(20)19-14-5-7-15(8-6-14)21-10-9-18/h1-8H,10-11H2,(H,19,20). The van der Waals surface area contributed by atoms with Crippen LogP contribution in [0.2, 0.25) is 0 Å². The van der Waals surface area contributed by atoms with Crippen molar-refractivity contribution in [2.45, 2.75) is 6.42 Å². The maximum absolute atomic E-state index is 11.9. The average molecular weight is 345 g/mol. The first kappa shape index (κ1) is 15.1. The van der Waals surface area contributed by atoms with Gasteiger partial charge in [-0.05, 0) is 42.0 Å². The number of benzene rings is 2. The number of nitriles is 1. The molecule has 106 valence electrons. The summed E-state index contributed by atoms with van der Waals surface area (Å²) in [6.07, 6.45) is 0.319. The maximum Gasteiger partial charge on any atom is 0.228 e. The topological polar surface area (TPSA) is 62.1 Å². The van der Waals surface area contributed by atoms with Gasteiger partial charge in [0.05, 0.1) is 6.42 Å². The lowest BCUT2D eigenvalue weighted by atomic mass is 10.1. The van der Waals surface area contributed by atoms with Gasteiger partial charge >= 0.3 is 0 Å². The molecule has 0 saturated heterocycles. The van der Waals surface area contributed by atoms with Crippen LogP contribution in [0.15, 0.2) is 53.0 Å². The van der Waals surface area contributed by atoms with Gasteiger partial charge in [0.25, 0.3) is 0 Å². The van der Waals surface area contributed by atoms with Crippen LogP contribution in [0, 0.1) is 11.3 Å². The summed E-state index contributed by atoms with van der Waals surface area (Å²) < 4.78 is 6.13. The molecular weight excluding hydrogens is 332 g/mol. The van der Waals surface area contributed by atoms with E-state index < -0.39 is 0 Å². The lowest BCUT2D eigenvalue weighted by Gasteiger charge is -2.07. The fourth-order valence-corrected chi connectivity index (χ4v) is 2.01. The second-order valence-electron chi connectivity index (χ2n) is 4.32. The minimum Gasteiger partial charge on any atom is -0.479 e. The van der Waals surface area contributed by atoms with E-state index >= 15 is 0 Å². The molecule has 21 heavy (non-hydrogen) atoms. The van der Waals surface area contributed by atoms with Gasteiger partial charge in [0.2, 0.25) is 5.91 Å². The summed E-state index contributed by atoms with van der Waals surface area (Å²) in [5.41, 5.74) is 1.64. The number of nitrogens with zero attached hydrogens (tertiary/aromatic N) is 1. The molecule has 2 rings (SSSR count). The van der Waals surface area contributed by atoms with Crippen LogP contribution < -0.4 is 10.1 Å². The number of nitrogens with one attached hydrogen (secondary N) is 1. The highest BCUT2D eigenvalue weighted by Crippen LogP contribution is 2.16. The number of carbonyl (C=O) groups excluding carboxylic acids is 1. The highest BCUT2D eigenvalue weighted by atomic mass is 79.9. The first-order valence-electron chi connectivity index (χ1n) is 6.31. The molecule has 0 radical (unpaired) electrons. The van der Waals surface area contributed by atoms with Gasteiger partial charge in [-0.3, -0.25) is 4.79 Å². The van der Waals surface area contributed by atoms with E-state index in [1.807, 2.05) is 30.3 Å². The summed E-state index contributed by atoms with van der Waals surface area (Å²) in [5.74, 6) is 0.519. The molecule has 0 aromatic heterocycles. The Morgan fingerprint density at radius 2 is 1.81 bits per heavy atom. The van der Waals surface area contributed by atoms with Gasteiger partial charge in [0.15, 0.2) is 6.61 Å². The third kappa shape index (κ3) is 4.93. The summed E-state index contributed by atoms with van der Waals surface area (Å²) in [4.78, 5) is 11.9. The number of rotatable bonds is 5. The van der Waals surface area contributed by atoms with Crippen LogP contribution in [-0.4, -0.2) is 12.5 Å². The molecule has 0 aliphatic heterocycles. The van der Waals surface area contributed by atoms with E-state index in [-0.39, 0.29) is 12.5 Å². The smallest absolute Gasteiger partial charge is 0.228 e. The zero-order valence-electron chi connectivity index (χ0n) is 11.2. The van der Waals surface area contributed by atoms with Crippen molar-refractivity contribution in [3.8, 4) is 11.8 Å². The largest absolute Gasteiger partial charge is 0.479 e. The molecule has 0 atom stereocenters. The Balaban J connectivity index is 1.90. The first-order valence-corrected chi connectivity index (χ1v) is 7.11. The number of carbonyl (C=O) groups is 1. The molecule has 2 aromatic rings. The van der Waals surface area contributed by atoms with Gasteiger partial charge < -0.3 is 10.1 Å².